The van der Waals surface area contributed by atoms with E-state index in [9.17, 15) is 8.42 Å². The Kier molecular flexibility index (Phi) is 5.74. The third kappa shape index (κ3) is 4.03. The molecule has 0 amide bonds. The van der Waals surface area contributed by atoms with Crippen LogP contribution in [0.1, 0.15) is 18.7 Å². The predicted molar refractivity (Wildman–Crippen MR) is 75.2 cm³/mol. The van der Waals surface area contributed by atoms with Crippen molar-refractivity contribution in [3.8, 4) is 0 Å². The summed E-state index contributed by atoms with van der Waals surface area (Å²) in [5.41, 5.74) is 5.52. The Hall–Kier alpha value is -0.470. The molecule has 7 heteroatoms. The molecular formula is C11H21N3O2S2. The average Bonchev–Trinajstić information content (AvgIpc) is 2.77. The second-order valence-corrected chi connectivity index (χ2v) is 7.12. The normalized spacial score (nSPS) is 12.6. The number of nitrogens with two attached hydrogens (primary N) is 1. The summed E-state index contributed by atoms with van der Waals surface area (Å²) in [6.07, 6.45) is 0. The molecule has 0 radical (unpaired) electrons. The van der Waals surface area contributed by atoms with Gasteiger partial charge in [-0.05, 0) is 32.3 Å². The summed E-state index contributed by atoms with van der Waals surface area (Å²) in [4.78, 5) is 3.09. The molecule has 104 valence electrons. The third-order valence-corrected chi connectivity index (χ3v) is 5.44. The average molecular weight is 291 g/mol. The highest BCUT2D eigenvalue weighted by Crippen LogP contribution is 2.20. The first-order valence-electron chi connectivity index (χ1n) is 5.85. The lowest BCUT2D eigenvalue weighted by molar-refractivity contribution is 0.278. The fourth-order valence-electron chi connectivity index (χ4n) is 1.41. The molecule has 0 saturated carbocycles. The van der Waals surface area contributed by atoms with Crippen molar-refractivity contribution in [2.45, 2.75) is 31.3 Å². The first-order valence-corrected chi connectivity index (χ1v) is 8.21. The van der Waals surface area contributed by atoms with E-state index >= 15 is 0 Å². The summed E-state index contributed by atoms with van der Waals surface area (Å²) in [5, 5.41) is 1.75. The maximum Gasteiger partial charge on any atom is 0.241 e. The van der Waals surface area contributed by atoms with E-state index in [0.29, 0.717) is 28.9 Å². The fraction of sp³-hybridized carbons (Fsp3) is 0.636. The summed E-state index contributed by atoms with van der Waals surface area (Å²) in [7, 11) is -1.46. The van der Waals surface area contributed by atoms with Gasteiger partial charge in [-0.1, -0.05) is 0 Å². The molecule has 0 aromatic carbocycles. The minimum atomic E-state index is -3.43. The Morgan fingerprint density at radius 3 is 2.72 bits per heavy atom. The molecule has 3 N–H and O–H groups in total. The Labute approximate surface area is 113 Å². The van der Waals surface area contributed by atoms with Crippen molar-refractivity contribution >= 4 is 21.4 Å². The summed E-state index contributed by atoms with van der Waals surface area (Å²) in [5.74, 6) is 0. The van der Waals surface area contributed by atoms with Crippen LogP contribution in [0.15, 0.2) is 16.3 Å². The Bertz CT molecular complexity index is 468. The molecule has 1 heterocycles. The van der Waals surface area contributed by atoms with Gasteiger partial charge in [0.1, 0.15) is 0 Å². The van der Waals surface area contributed by atoms with Crippen LogP contribution >= 0.6 is 11.3 Å². The number of nitrogens with one attached hydrogen (secondary N) is 1. The van der Waals surface area contributed by atoms with E-state index in [1.807, 2.05) is 7.05 Å². The molecule has 5 nitrogen and oxygen atoms in total. The molecule has 0 aliphatic heterocycles. The van der Waals surface area contributed by atoms with Gasteiger partial charge in [0.15, 0.2) is 0 Å². The van der Waals surface area contributed by atoms with Gasteiger partial charge in [0.05, 0.1) is 4.90 Å². The zero-order valence-corrected chi connectivity index (χ0v) is 12.6. The van der Waals surface area contributed by atoms with Gasteiger partial charge < -0.3 is 10.6 Å². The van der Waals surface area contributed by atoms with Crippen molar-refractivity contribution in [3.63, 3.8) is 0 Å². The van der Waals surface area contributed by atoms with Gasteiger partial charge in [-0.15, -0.1) is 11.3 Å². The van der Waals surface area contributed by atoms with Crippen LogP contribution in [0, 0.1) is 0 Å². The molecule has 0 saturated heterocycles. The van der Waals surface area contributed by atoms with Crippen LogP contribution in [0.25, 0.3) is 0 Å². The van der Waals surface area contributed by atoms with Gasteiger partial charge in [0.2, 0.25) is 10.0 Å². The van der Waals surface area contributed by atoms with E-state index in [-0.39, 0.29) is 6.54 Å². The highest BCUT2D eigenvalue weighted by molar-refractivity contribution is 7.89. The van der Waals surface area contributed by atoms with Crippen molar-refractivity contribution in [1.82, 2.24) is 9.62 Å². The van der Waals surface area contributed by atoms with Crippen molar-refractivity contribution in [2.24, 2.45) is 5.73 Å². The maximum atomic E-state index is 12.0. The lowest BCUT2D eigenvalue weighted by Crippen LogP contribution is -2.36. The van der Waals surface area contributed by atoms with Crippen molar-refractivity contribution < 1.29 is 8.42 Å². The van der Waals surface area contributed by atoms with Gasteiger partial charge in [0.25, 0.3) is 0 Å². The van der Waals surface area contributed by atoms with E-state index in [2.05, 4.69) is 23.5 Å². The fourth-order valence-corrected chi connectivity index (χ4v) is 3.76. The van der Waals surface area contributed by atoms with Crippen LogP contribution in [0.2, 0.25) is 0 Å². The summed E-state index contributed by atoms with van der Waals surface area (Å²) < 4.78 is 26.7. The van der Waals surface area contributed by atoms with Gasteiger partial charge in [-0.2, -0.15) is 0 Å². The SMILES string of the molecule is CC(C)N(C)CCNS(=O)(=O)c1ccsc1CN. The van der Waals surface area contributed by atoms with Crippen LogP contribution in [-0.2, 0) is 16.6 Å². The van der Waals surface area contributed by atoms with Gasteiger partial charge in [-0.25, -0.2) is 13.1 Å². The molecule has 0 atom stereocenters. The number of rotatable bonds is 7. The van der Waals surface area contributed by atoms with Crippen LogP contribution in [-0.4, -0.2) is 39.5 Å². The molecule has 1 aromatic rings. The van der Waals surface area contributed by atoms with Gasteiger partial charge in [0, 0.05) is 30.6 Å². The van der Waals surface area contributed by atoms with E-state index in [1.165, 1.54) is 11.3 Å². The topological polar surface area (TPSA) is 75.4 Å². The molecule has 0 spiro atoms. The standard InChI is InChI=1S/C11H21N3O2S2/c1-9(2)14(3)6-5-13-18(15,16)11-4-7-17-10(11)8-12/h4,7,9,13H,5-6,8,12H2,1-3H3. The first-order chi connectivity index (χ1) is 8.38. The highest BCUT2D eigenvalue weighted by Gasteiger charge is 2.18. The number of hydrogen-bond donors (Lipinski definition) is 2. The lowest BCUT2D eigenvalue weighted by atomic mass is 10.3. The largest absolute Gasteiger partial charge is 0.326 e. The lowest BCUT2D eigenvalue weighted by Gasteiger charge is -2.20. The minimum absolute atomic E-state index is 0.250. The monoisotopic (exact) mass is 291 g/mol. The zero-order valence-electron chi connectivity index (χ0n) is 11.0. The third-order valence-electron chi connectivity index (χ3n) is 2.82. The maximum absolute atomic E-state index is 12.0. The highest BCUT2D eigenvalue weighted by atomic mass is 32.2. The van der Waals surface area contributed by atoms with Crippen molar-refractivity contribution in [2.75, 3.05) is 20.1 Å². The van der Waals surface area contributed by atoms with Crippen LogP contribution in [0.3, 0.4) is 0 Å². The van der Waals surface area contributed by atoms with Crippen molar-refractivity contribution in [3.05, 3.63) is 16.3 Å². The van der Waals surface area contributed by atoms with E-state index in [4.69, 9.17) is 5.73 Å². The molecule has 1 aromatic heterocycles. The number of hydrogen-bond acceptors (Lipinski definition) is 5. The van der Waals surface area contributed by atoms with Crippen LogP contribution < -0.4 is 10.5 Å². The molecule has 0 bridgehead atoms. The molecular weight excluding hydrogens is 270 g/mol. The zero-order chi connectivity index (χ0) is 13.8. The molecule has 0 unspecified atom stereocenters. The van der Waals surface area contributed by atoms with Crippen molar-refractivity contribution in [1.29, 1.82) is 0 Å². The summed E-state index contributed by atoms with van der Waals surface area (Å²) >= 11 is 1.37. The predicted octanol–water partition coefficient (Wildman–Crippen LogP) is 0.825. The second kappa shape index (κ2) is 6.63. The number of sulfonamides is 1. The molecule has 18 heavy (non-hydrogen) atoms. The van der Waals surface area contributed by atoms with Gasteiger partial charge in [-0.3, -0.25) is 0 Å². The van der Waals surface area contributed by atoms with Gasteiger partial charge >= 0.3 is 0 Å². The van der Waals surface area contributed by atoms with E-state index in [1.54, 1.807) is 11.4 Å². The van der Waals surface area contributed by atoms with Crippen LogP contribution in [0.4, 0.5) is 0 Å². The Morgan fingerprint density at radius 2 is 2.17 bits per heavy atom. The van der Waals surface area contributed by atoms with E-state index in [0.717, 1.165) is 0 Å². The van der Waals surface area contributed by atoms with Crippen LogP contribution in [0.5, 0.6) is 0 Å². The first kappa shape index (κ1) is 15.6. The molecule has 0 aliphatic rings. The van der Waals surface area contributed by atoms with E-state index < -0.39 is 10.0 Å². The Morgan fingerprint density at radius 1 is 1.50 bits per heavy atom. The number of thiophene rings is 1. The Balaban J connectivity index is 2.61. The molecule has 1 rings (SSSR count). The summed E-state index contributed by atoms with van der Waals surface area (Å²) in [6.45, 7) is 5.47. The number of likely N-dealkylation sites (N-methyl/N-ethyl adjacent to an activating group) is 1. The number of nitrogens with zero attached hydrogens (tertiary/aromatic N) is 1. The summed E-state index contributed by atoms with van der Waals surface area (Å²) in [6, 6.07) is 2.00. The quantitative estimate of drug-likeness (QED) is 0.780. The minimum Gasteiger partial charge on any atom is -0.326 e. The smallest absolute Gasteiger partial charge is 0.241 e. The second-order valence-electron chi connectivity index (χ2n) is 4.38. The molecule has 0 aliphatic carbocycles. The molecule has 0 fully saturated rings.